The van der Waals surface area contributed by atoms with Gasteiger partial charge >= 0.3 is 0 Å². The Labute approximate surface area is 159 Å². The minimum absolute atomic E-state index is 0.0564. The lowest BCUT2D eigenvalue weighted by Crippen LogP contribution is -2.46. The largest absolute Gasteiger partial charge is 0.354 e. The zero-order chi connectivity index (χ0) is 18.6. The van der Waals surface area contributed by atoms with Crippen LogP contribution in [-0.2, 0) is 0 Å². The molecule has 0 radical (unpaired) electrons. The number of carbonyl (C=O) groups excluding carboxylic acids is 1. The molecular weight excluding hydrogens is 334 g/mol. The highest BCUT2D eigenvalue weighted by atomic mass is 16.1. The summed E-state index contributed by atoms with van der Waals surface area (Å²) in [5, 5.41) is 5.80. The van der Waals surface area contributed by atoms with E-state index in [4.69, 9.17) is 4.99 Å². The number of ketones is 1. The summed E-state index contributed by atoms with van der Waals surface area (Å²) in [5.41, 5.74) is 2.63. The first-order valence-corrected chi connectivity index (χ1v) is 9.36. The molecule has 1 fully saturated rings. The smallest absolute Gasteiger partial charge is 0.159 e. The molecule has 1 aliphatic heterocycles. The van der Waals surface area contributed by atoms with Crippen LogP contribution in [-0.4, -0.2) is 42.7 Å². The molecule has 4 heteroatoms. The number of hydrogen-bond acceptors (Lipinski definition) is 3. The monoisotopic (exact) mass is 357 g/mol. The quantitative estimate of drug-likeness (QED) is 0.437. The highest BCUT2D eigenvalue weighted by Gasteiger charge is 2.18. The number of Topliss-reactive ketones (excluding diaryl/α,β-unsaturated/α-hetero) is 1. The SMILES string of the molecule is CC(=O)c1cccc(N=C(c2cccc3ccccc23)N2CCNCC2)c1. The average Bonchev–Trinajstić information content (AvgIpc) is 2.72. The Bertz CT molecular complexity index is 998. The lowest BCUT2D eigenvalue weighted by molar-refractivity contribution is 0.101. The van der Waals surface area contributed by atoms with Gasteiger partial charge in [0.2, 0.25) is 0 Å². The summed E-state index contributed by atoms with van der Waals surface area (Å²) in [6.07, 6.45) is 0. The molecule has 4 nitrogen and oxygen atoms in total. The molecule has 27 heavy (non-hydrogen) atoms. The summed E-state index contributed by atoms with van der Waals surface area (Å²) >= 11 is 0. The second-order valence-electron chi connectivity index (χ2n) is 6.81. The first kappa shape index (κ1) is 17.4. The molecule has 1 N–H and O–H groups in total. The Morgan fingerprint density at radius 1 is 0.963 bits per heavy atom. The van der Waals surface area contributed by atoms with Crippen LogP contribution in [0.1, 0.15) is 22.8 Å². The maximum atomic E-state index is 11.8. The fourth-order valence-electron chi connectivity index (χ4n) is 3.52. The van der Waals surface area contributed by atoms with Crippen molar-refractivity contribution in [2.45, 2.75) is 6.92 Å². The molecule has 0 bridgehead atoms. The number of benzene rings is 3. The van der Waals surface area contributed by atoms with Gasteiger partial charge in [-0.25, -0.2) is 4.99 Å². The number of rotatable bonds is 3. The molecule has 0 amide bonds. The number of aliphatic imine (C=N–C) groups is 1. The molecule has 1 heterocycles. The van der Waals surface area contributed by atoms with Crippen molar-refractivity contribution in [1.29, 1.82) is 0 Å². The molecule has 4 rings (SSSR count). The van der Waals surface area contributed by atoms with Crippen molar-refractivity contribution in [2.75, 3.05) is 26.2 Å². The number of nitrogens with one attached hydrogen (secondary N) is 1. The third kappa shape index (κ3) is 3.76. The molecule has 0 aliphatic carbocycles. The predicted molar refractivity (Wildman–Crippen MR) is 111 cm³/mol. The van der Waals surface area contributed by atoms with Crippen LogP contribution in [0.3, 0.4) is 0 Å². The van der Waals surface area contributed by atoms with E-state index >= 15 is 0 Å². The maximum absolute atomic E-state index is 11.8. The van der Waals surface area contributed by atoms with Gasteiger partial charge in [0.05, 0.1) is 5.69 Å². The summed E-state index contributed by atoms with van der Waals surface area (Å²) in [6, 6.07) is 22.3. The van der Waals surface area contributed by atoms with Crippen molar-refractivity contribution in [3.63, 3.8) is 0 Å². The predicted octanol–water partition coefficient (Wildman–Crippen LogP) is 4.03. The van der Waals surface area contributed by atoms with Gasteiger partial charge in [-0.05, 0) is 29.8 Å². The molecule has 136 valence electrons. The molecule has 3 aromatic carbocycles. The summed E-state index contributed by atoms with van der Waals surface area (Å²) in [5.74, 6) is 1.02. The number of fused-ring (bicyclic) bond motifs is 1. The fraction of sp³-hybridized carbons (Fsp3) is 0.217. The van der Waals surface area contributed by atoms with Crippen LogP contribution in [0.2, 0.25) is 0 Å². The van der Waals surface area contributed by atoms with Gasteiger partial charge in [0.25, 0.3) is 0 Å². The van der Waals surface area contributed by atoms with Crippen LogP contribution in [0.5, 0.6) is 0 Å². The third-order valence-electron chi connectivity index (χ3n) is 4.93. The summed E-state index contributed by atoms with van der Waals surface area (Å²) in [7, 11) is 0. The zero-order valence-electron chi connectivity index (χ0n) is 15.5. The van der Waals surface area contributed by atoms with Crippen LogP contribution in [0.25, 0.3) is 10.8 Å². The van der Waals surface area contributed by atoms with E-state index < -0.39 is 0 Å². The van der Waals surface area contributed by atoms with Gasteiger partial charge < -0.3 is 10.2 Å². The van der Waals surface area contributed by atoms with E-state index in [0.717, 1.165) is 43.3 Å². The highest BCUT2D eigenvalue weighted by Crippen LogP contribution is 2.24. The molecule has 0 unspecified atom stereocenters. The zero-order valence-corrected chi connectivity index (χ0v) is 15.5. The van der Waals surface area contributed by atoms with Crippen LogP contribution in [0, 0.1) is 0 Å². The van der Waals surface area contributed by atoms with Gasteiger partial charge in [-0.1, -0.05) is 54.6 Å². The first-order chi connectivity index (χ1) is 13.2. The first-order valence-electron chi connectivity index (χ1n) is 9.36. The fourth-order valence-corrected chi connectivity index (χ4v) is 3.52. The number of hydrogen-bond donors (Lipinski definition) is 1. The van der Waals surface area contributed by atoms with Crippen LogP contribution in [0.15, 0.2) is 71.7 Å². The van der Waals surface area contributed by atoms with Crippen molar-refractivity contribution in [3.8, 4) is 0 Å². The van der Waals surface area contributed by atoms with E-state index in [1.807, 2.05) is 24.3 Å². The van der Waals surface area contributed by atoms with E-state index in [9.17, 15) is 4.79 Å². The topological polar surface area (TPSA) is 44.7 Å². The molecule has 0 aromatic heterocycles. The molecule has 3 aromatic rings. The molecule has 1 aliphatic rings. The minimum Gasteiger partial charge on any atom is -0.354 e. The van der Waals surface area contributed by atoms with E-state index in [1.165, 1.54) is 10.8 Å². The normalized spacial score (nSPS) is 15.1. The lowest BCUT2D eigenvalue weighted by atomic mass is 10.0. The third-order valence-corrected chi connectivity index (χ3v) is 4.93. The van der Waals surface area contributed by atoms with Crippen molar-refractivity contribution in [3.05, 3.63) is 77.9 Å². The van der Waals surface area contributed by atoms with E-state index in [1.54, 1.807) is 6.92 Å². The van der Waals surface area contributed by atoms with Crippen LogP contribution in [0.4, 0.5) is 5.69 Å². The van der Waals surface area contributed by atoms with E-state index in [-0.39, 0.29) is 5.78 Å². The Morgan fingerprint density at radius 3 is 2.52 bits per heavy atom. The molecule has 0 saturated carbocycles. The second-order valence-corrected chi connectivity index (χ2v) is 6.81. The number of piperazine rings is 1. The van der Waals surface area contributed by atoms with Crippen molar-refractivity contribution in [1.82, 2.24) is 10.2 Å². The van der Waals surface area contributed by atoms with Crippen LogP contribution >= 0.6 is 0 Å². The number of nitrogens with zero attached hydrogens (tertiary/aromatic N) is 2. The molecule has 0 atom stereocenters. The van der Waals surface area contributed by atoms with Crippen molar-refractivity contribution < 1.29 is 4.79 Å². The van der Waals surface area contributed by atoms with E-state index in [0.29, 0.717) is 5.56 Å². The van der Waals surface area contributed by atoms with Gasteiger partial charge in [-0.3, -0.25) is 4.79 Å². The van der Waals surface area contributed by atoms with E-state index in [2.05, 4.69) is 52.7 Å². The Hall–Kier alpha value is -2.98. The van der Waals surface area contributed by atoms with Gasteiger partial charge in [0.1, 0.15) is 5.84 Å². The maximum Gasteiger partial charge on any atom is 0.159 e. The number of carbonyl (C=O) groups is 1. The highest BCUT2D eigenvalue weighted by molar-refractivity contribution is 6.10. The Balaban J connectivity index is 1.86. The Kier molecular flexibility index (Phi) is 4.99. The van der Waals surface area contributed by atoms with Gasteiger partial charge in [-0.2, -0.15) is 0 Å². The van der Waals surface area contributed by atoms with Gasteiger partial charge in [-0.15, -0.1) is 0 Å². The minimum atomic E-state index is 0.0564. The molecular formula is C23H23N3O. The van der Waals surface area contributed by atoms with Crippen molar-refractivity contribution in [2.24, 2.45) is 4.99 Å². The Morgan fingerprint density at radius 2 is 1.70 bits per heavy atom. The second kappa shape index (κ2) is 7.72. The standard InChI is InChI=1S/C23H23N3O/c1-17(27)19-8-4-9-20(16-19)25-23(26-14-12-24-13-15-26)22-11-5-7-18-6-2-3-10-21(18)22/h2-11,16,24H,12-15H2,1H3. The van der Waals surface area contributed by atoms with Gasteiger partial charge in [0.15, 0.2) is 5.78 Å². The molecule has 0 spiro atoms. The molecule has 1 saturated heterocycles. The van der Waals surface area contributed by atoms with Crippen LogP contribution < -0.4 is 5.32 Å². The number of amidine groups is 1. The van der Waals surface area contributed by atoms with Crippen molar-refractivity contribution >= 4 is 28.1 Å². The summed E-state index contributed by atoms with van der Waals surface area (Å²) in [6.45, 7) is 5.29. The van der Waals surface area contributed by atoms with Gasteiger partial charge in [0, 0.05) is 37.3 Å². The lowest BCUT2D eigenvalue weighted by Gasteiger charge is -2.31. The average molecular weight is 357 g/mol. The summed E-state index contributed by atoms with van der Waals surface area (Å²) < 4.78 is 0. The summed E-state index contributed by atoms with van der Waals surface area (Å²) in [4.78, 5) is 19.1.